The highest BCUT2D eigenvalue weighted by atomic mass is 19.1. The van der Waals surface area contributed by atoms with Crippen molar-refractivity contribution in [1.29, 1.82) is 0 Å². The van der Waals surface area contributed by atoms with Gasteiger partial charge >= 0.3 is 0 Å². The van der Waals surface area contributed by atoms with E-state index in [1.165, 1.54) is 12.1 Å². The summed E-state index contributed by atoms with van der Waals surface area (Å²) in [7, 11) is 1.62. The number of rotatable bonds is 7. The number of para-hydroxylation sites is 2. The number of methoxy groups -OCH3 is 1. The summed E-state index contributed by atoms with van der Waals surface area (Å²) in [5.74, 6) is 1.11. The van der Waals surface area contributed by atoms with Crippen LogP contribution < -0.4 is 14.8 Å². The van der Waals surface area contributed by atoms with Gasteiger partial charge in [0.1, 0.15) is 12.4 Å². The standard InChI is InChI=1S/C21H20FNO2/c1-24-20-9-5-6-17(14-23-19-7-3-2-4-8-19)21(20)25-15-16-10-12-18(22)13-11-16/h2-13,23H,14-15H2,1H3. The molecule has 128 valence electrons. The molecule has 4 heteroatoms. The minimum Gasteiger partial charge on any atom is -0.493 e. The van der Waals surface area contributed by atoms with Crippen LogP contribution in [0.3, 0.4) is 0 Å². The molecule has 0 spiro atoms. The van der Waals surface area contributed by atoms with Crippen LogP contribution in [0.2, 0.25) is 0 Å². The van der Waals surface area contributed by atoms with E-state index in [0.29, 0.717) is 24.7 Å². The Hall–Kier alpha value is -3.01. The number of ether oxygens (including phenoxy) is 2. The quantitative estimate of drug-likeness (QED) is 0.656. The van der Waals surface area contributed by atoms with Gasteiger partial charge in [-0.05, 0) is 35.9 Å². The molecule has 1 N–H and O–H groups in total. The number of halogens is 1. The average Bonchev–Trinajstić information content (AvgIpc) is 2.67. The van der Waals surface area contributed by atoms with Crippen LogP contribution in [0.1, 0.15) is 11.1 Å². The molecule has 0 unspecified atom stereocenters. The Morgan fingerprint density at radius 2 is 1.64 bits per heavy atom. The molecule has 3 rings (SSSR count). The lowest BCUT2D eigenvalue weighted by Gasteiger charge is -2.16. The van der Waals surface area contributed by atoms with Crippen molar-refractivity contribution in [1.82, 2.24) is 0 Å². The van der Waals surface area contributed by atoms with E-state index in [2.05, 4.69) is 5.32 Å². The number of anilines is 1. The monoisotopic (exact) mass is 337 g/mol. The number of hydrogen-bond donors (Lipinski definition) is 1. The molecule has 3 nitrogen and oxygen atoms in total. The minimum absolute atomic E-state index is 0.256. The predicted octanol–water partition coefficient (Wildman–Crippen LogP) is 5.03. The SMILES string of the molecule is COc1cccc(CNc2ccccc2)c1OCc1ccc(F)cc1. The van der Waals surface area contributed by atoms with Crippen molar-refractivity contribution in [3.8, 4) is 11.5 Å². The average molecular weight is 337 g/mol. The normalized spacial score (nSPS) is 10.3. The third kappa shape index (κ3) is 4.51. The Morgan fingerprint density at radius 1 is 0.880 bits per heavy atom. The van der Waals surface area contributed by atoms with Gasteiger partial charge in [0.25, 0.3) is 0 Å². The smallest absolute Gasteiger partial charge is 0.166 e. The van der Waals surface area contributed by atoms with E-state index in [0.717, 1.165) is 16.8 Å². The molecule has 0 fully saturated rings. The Balaban J connectivity index is 1.75. The minimum atomic E-state index is -0.256. The van der Waals surface area contributed by atoms with Crippen LogP contribution in [-0.4, -0.2) is 7.11 Å². The first-order chi connectivity index (χ1) is 12.3. The molecular formula is C21H20FNO2. The Labute approximate surface area is 147 Å². The van der Waals surface area contributed by atoms with Gasteiger partial charge in [0.2, 0.25) is 0 Å². The van der Waals surface area contributed by atoms with Gasteiger partial charge in [-0.2, -0.15) is 0 Å². The summed E-state index contributed by atoms with van der Waals surface area (Å²) in [6.07, 6.45) is 0. The predicted molar refractivity (Wildman–Crippen MR) is 97.5 cm³/mol. The Bertz CT molecular complexity index is 804. The van der Waals surface area contributed by atoms with E-state index < -0.39 is 0 Å². The van der Waals surface area contributed by atoms with Crippen LogP contribution in [0.25, 0.3) is 0 Å². The van der Waals surface area contributed by atoms with Gasteiger partial charge in [-0.25, -0.2) is 4.39 Å². The first-order valence-electron chi connectivity index (χ1n) is 8.08. The van der Waals surface area contributed by atoms with Gasteiger partial charge in [-0.15, -0.1) is 0 Å². The van der Waals surface area contributed by atoms with E-state index in [-0.39, 0.29) is 5.82 Å². The highest BCUT2D eigenvalue weighted by Gasteiger charge is 2.11. The highest BCUT2D eigenvalue weighted by Crippen LogP contribution is 2.32. The first kappa shape index (κ1) is 16.8. The molecule has 25 heavy (non-hydrogen) atoms. The molecule has 0 radical (unpaired) electrons. The summed E-state index contributed by atoms with van der Waals surface area (Å²) in [5, 5.41) is 3.37. The van der Waals surface area contributed by atoms with E-state index in [1.807, 2.05) is 48.5 Å². The maximum atomic E-state index is 13.0. The lowest BCUT2D eigenvalue weighted by Crippen LogP contribution is -2.05. The molecule has 0 bridgehead atoms. The van der Waals surface area contributed by atoms with Gasteiger partial charge in [0.05, 0.1) is 7.11 Å². The van der Waals surface area contributed by atoms with Crippen molar-refractivity contribution >= 4 is 5.69 Å². The summed E-state index contributed by atoms with van der Waals surface area (Å²) >= 11 is 0. The second-order valence-electron chi connectivity index (χ2n) is 5.58. The number of nitrogens with one attached hydrogen (secondary N) is 1. The molecule has 0 aromatic heterocycles. The van der Waals surface area contributed by atoms with Crippen molar-refractivity contribution in [2.75, 3.05) is 12.4 Å². The van der Waals surface area contributed by atoms with Crippen molar-refractivity contribution in [2.24, 2.45) is 0 Å². The lowest BCUT2D eigenvalue weighted by molar-refractivity contribution is 0.281. The van der Waals surface area contributed by atoms with Gasteiger partial charge < -0.3 is 14.8 Å². The maximum Gasteiger partial charge on any atom is 0.166 e. The fraction of sp³-hybridized carbons (Fsp3) is 0.143. The lowest BCUT2D eigenvalue weighted by atomic mass is 10.1. The Morgan fingerprint density at radius 3 is 2.36 bits per heavy atom. The molecule has 3 aromatic rings. The molecule has 0 atom stereocenters. The van der Waals surface area contributed by atoms with Crippen molar-refractivity contribution in [3.63, 3.8) is 0 Å². The van der Waals surface area contributed by atoms with Gasteiger partial charge in [-0.3, -0.25) is 0 Å². The van der Waals surface area contributed by atoms with Crippen molar-refractivity contribution < 1.29 is 13.9 Å². The number of hydrogen-bond acceptors (Lipinski definition) is 3. The summed E-state index contributed by atoms with van der Waals surface area (Å²) in [6.45, 7) is 0.957. The molecule has 0 aliphatic rings. The fourth-order valence-electron chi connectivity index (χ4n) is 2.51. The van der Waals surface area contributed by atoms with Crippen LogP contribution >= 0.6 is 0 Å². The zero-order valence-corrected chi connectivity index (χ0v) is 14.0. The topological polar surface area (TPSA) is 30.5 Å². The van der Waals surface area contributed by atoms with E-state index in [4.69, 9.17) is 9.47 Å². The zero-order valence-electron chi connectivity index (χ0n) is 14.0. The third-order valence-electron chi connectivity index (χ3n) is 3.83. The van der Waals surface area contributed by atoms with E-state index in [1.54, 1.807) is 19.2 Å². The van der Waals surface area contributed by atoms with Crippen molar-refractivity contribution in [3.05, 3.63) is 89.7 Å². The highest BCUT2D eigenvalue weighted by molar-refractivity contribution is 5.50. The number of benzene rings is 3. The molecule has 0 amide bonds. The van der Waals surface area contributed by atoms with Crippen LogP contribution in [0.5, 0.6) is 11.5 Å². The Kier molecular flexibility index (Phi) is 5.52. The second kappa shape index (κ2) is 8.20. The van der Waals surface area contributed by atoms with Gasteiger partial charge in [-0.1, -0.05) is 42.5 Å². The van der Waals surface area contributed by atoms with Gasteiger partial charge in [0.15, 0.2) is 11.5 Å². The zero-order chi connectivity index (χ0) is 17.5. The van der Waals surface area contributed by atoms with Crippen LogP contribution in [-0.2, 0) is 13.2 Å². The summed E-state index contributed by atoms with van der Waals surface area (Å²) in [5.41, 5.74) is 2.93. The molecule has 0 aliphatic heterocycles. The fourth-order valence-corrected chi connectivity index (χ4v) is 2.51. The first-order valence-corrected chi connectivity index (χ1v) is 8.08. The molecule has 0 heterocycles. The van der Waals surface area contributed by atoms with E-state index >= 15 is 0 Å². The van der Waals surface area contributed by atoms with Crippen molar-refractivity contribution in [2.45, 2.75) is 13.2 Å². The van der Waals surface area contributed by atoms with Crippen LogP contribution in [0, 0.1) is 5.82 Å². The third-order valence-corrected chi connectivity index (χ3v) is 3.83. The van der Waals surface area contributed by atoms with Crippen LogP contribution in [0.4, 0.5) is 10.1 Å². The molecular weight excluding hydrogens is 317 g/mol. The largest absolute Gasteiger partial charge is 0.493 e. The molecule has 0 saturated heterocycles. The van der Waals surface area contributed by atoms with E-state index in [9.17, 15) is 4.39 Å². The molecule has 0 saturated carbocycles. The van der Waals surface area contributed by atoms with Gasteiger partial charge in [0, 0.05) is 17.8 Å². The summed E-state index contributed by atoms with van der Waals surface area (Å²) < 4.78 is 24.4. The maximum absolute atomic E-state index is 13.0. The molecule has 3 aromatic carbocycles. The summed E-state index contributed by atoms with van der Waals surface area (Å²) in [4.78, 5) is 0. The second-order valence-corrected chi connectivity index (χ2v) is 5.58. The van der Waals surface area contributed by atoms with Crippen LogP contribution in [0.15, 0.2) is 72.8 Å². The molecule has 0 aliphatic carbocycles. The summed E-state index contributed by atoms with van der Waals surface area (Å²) in [6, 6.07) is 22.1.